The van der Waals surface area contributed by atoms with Gasteiger partial charge in [-0.05, 0) is 109 Å². The van der Waals surface area contributed by atoms with E-state index in [1.54, 1.807) is 51.8 Å². The molecule has 500 valence electrons. The fourth-order valence-corrected chi connectivity index (χ4v) is 15.2. The number of thiazole rings is 2. The number of aromatic nitrogens is 2. The highest BCUT2D eigenvalue weighted by Gasteiger charge is 2.46. The molecule has 0 spiro atoms. The fourth-order valence-electron chi connectivity index (χ4n) is 13.7. The van der Waals surface area contributed by atoms with E-state index in [0.29, 0.717) is 129 Å². The van der Waals surface area contributed by atoms with Crippen molar-refractivity contribution in [2.45, 2.75) is 74.8 Å². The van der Waals surface area contributed by atoms with Crippen molar-refractivity contribution in [3.8, 4) is 0 Å². The fraction of sp³-hybridized carbons (Fsp3) is 0.347. The maximum absolute atomic E-state index is 14.2. The molecule has 0 unspecified atom stereocenters. The summed E-state index contributed by atoms with van der Waals surface area (Å²) in [5, 5.41) is 8.35. The summed E-state index contributed by atoms with van der Waals surface area (Å²) in [7, 11) is 0. The summed E-state index contributed by atoms with van der Waals surface area (Å²) in [6, 6.07) is 38.0. The number of carbonyl (C=O) groups is 5. The molecule has 14 rings (SSSR count). The first-order chi connectivity index (χ1) is 46.1. The van der Waals surface area contributed by atoms with Gasteiger partial charge in [0.2, 0.25) is 5.91 Å². The first-order valence-corrected chi connectivity index (χ1v) is 34.7. The summed E-state index contributed by atoms with van der Waals surface area (Å²) in [6.07, 6.45) is -5.39. The van der Waals surface area contributed by atoms with Gasteiger partial charge < -0.3 is 29.8 Å². The molecular formula is C72H71BrF6N10O5S2. The standard InChI is InChI=1S/C44H41F6N5O2S.C20H21N5O3S.C8H9Br/c1-29-5-2-8-32(19-29)25-55-28-42(23-30-6-3-9-34(20-30)43(45,46)47,24-31-7-4-10-35(21-31)44(48,49)50)37-22-33(11-12-38(37)55)40(56)54-26-36(27-54)52-14-16-53(17-15-52)41(57)39-51-13-18-58-39;26-17-10-14-9-13(1-2-16(14)22-17)19(27)25-11-15(12-25)23-4-6-24(7-5-23)20(28)18-21-3-8-29-18;1-7-3-2-4-8(5-7)6-9/h2-13,18-22,36H,14-17,23-28H2,1H3;1-3,8-9,15H,4-7,10-12H2,(H,22,26);2-5H,6H2,1H3. The third-order valence-electron chi connectivity index (χ3n) is 18.7. The van der Waals surface area contributed by atoms with Crippen LogP contribution in [0.2, 0.25) is 0 Å². The molecule has 6 aliphatic rings. The average molecular weight is 1410 g/mol. The smallest absolute Gasteiger partial charge is 0.366 e. The van der Waals surface area contributed by atoms with Gasteiger partial charge in [-0.15, -0.1) is 22.7 Å². The first kappa shape index (κ1) is 67.7. The number of rotatable bonds is 13. The first-order valence-electron chi connectivity index (χ1n) is 31.8. The second-order valence-electron chi connectivity index (χ2n) is 25.4. The lowest BCUT2D eigenvalue weighted by Gasteiger charge is -2.48. The van der Waals surface area contributed by atoms with Gasteiger partial charge in [-0.1, -0.05) is 112 Å². The van der Waals surface area contributed by atoms with E-state index in [4.69, 9.17) is 0 Å². The van der Waals surface area contributed by atoms with Gasteiger partial charge in [0.25, 0.3) is 23.6 Å². The quantitative estimate of drug-likeness (QED) is 0.0874. The van der Waals surface area contributed by atoms with Gasteiger partial charge in [0, 0.05) is 160 Å². The van der Waals surface area contributed by atoms with Crippen molar-refractivity contribution in [1.82, 2.24) is 39.4 Å². The summed E-state index contributed by atoms with van der Waals surface area (Å²) in [5.41, 5.74) is 7.11. The zero-order valence-corrected chi connectivity index (χ0v) is 56.1. The predicted octanol–water partition coefficient (Wildman–Crippen LogP) is 12.3. The Kier molecular flexibility index (Phi) is 20.3. The van der Waals surface area contributed by atoms with E-state index in [-0.39, 0.29) is 48.4 Å². The molecule has 0 aliphatic carbocycles. The summed E-state index contributed by atoms with van der Waals surface area (Å²) in [4.78, 5) is 85.9. The van der Waals surface area contributed by atoms with Crippen LogP contribution >= 0.6 is 38.6 Å². The number of hydrogen-bond donors (Lipinski definition) is 1. The Labute approximate surface area is 569 Å². The summed E-state index contributed by atoms with van der Waals surface area (Å²) in [6.45, 7) is 12.7. The zero-order chi connectivity index (χ0) is 67.5. The minimum Gasteiger partial charge on any atom is -0.366 e. The van der Waals surface area contributed by atoms with E-state index < -0.39 is 28.9 Å². The van der Waals surface area contributed by atoms with Crippen LogP contribution in [0.3, 0.4) is 0 Å². The van der Waals surface area contributed by atoms with Gasteiger partial charge in [0.15, 0.2) is 10.0 Å². The van der Waals surface area contributed by atoms with E-state index in [1.165, 1.54) is 45.9 Å². The monoisotopic (exact) mass is 1410 g/mol. The minimum absolute atomic E-state index is 0.00893. The van der Waals surface area contributed by atoms with E-state index in [9.17, 15) is 50.3 Å². The number of nitrogens with one attached hydrogen (secondary N) is 1. The molecule has 0 atom stereocenters. The molecule has 15 nitrogen and oxygen atoms in total. The van der Waals surface area contributed by atoms with Crippen LogP contribution in [-0.2, 0) is 53.7 Å². The van der Waals surface area contributed by atoms with Gasteiger partial charge in [-0.3, -0.25) is 33.8 Å². The number of carbonyl (C=O) groups excluding carboxylic acids is 5. The number of aryl methyl sites for hydroxylation is 2. The molecule has 8 heterocycles. The number of nitrogens with zero attached hydrogens (tertiary/aromatic N) is 9. The predicted molar refractivity (Wildman–Crippen MR) is 362 cm³/mol. The van der Waals surface area contributed by atoms with Crippen LogP contribution in [0, 0.1) is 13.8 Å². The molecule has 4 saturated heterocycles. The lowest BCUT2D eigenvalue weighted by Crippen LogP contribution is -2.64. The Balaban J connectivity index is 0.000000190. The number of hydrogen-bond acceptors (Lipinski definition) is 12. The van der Waals surface area contributed by atoms with E-state index in [2.05, 4.69) is 83.2 Å². The van der Waals surface area contributed by atoms with Crippen molar-refractivity contribution in [1.29, 1.82) is 0 Å². The Hall–Kier alpha value is -8.29. The van der Waals surface area contributed by atoms with Gasteiger partial charge in [-0.2, -0.15) is 26.3 Å². The SMILES string of the molecule is Cc1cccc(CBr)c1.Cc1cccc(CN2CC(Cc3cccc(C(F)(F)F)c3)(Cc3cccc(C(F)(F)F)c3)c3cc(C(=O)N4CC(N5CCN(C(=O)c6nccs6)CC5)C4)ccc32)c1.O=C1Cc2cc(C(=O)N3CC(N4CCN(C(=O)c5nccs5)CC4)C3)ccc2N1. The van der Waals surface area contributed by atoms with Crippen LogP contribution in [0.5, 0.6) is 0 Å². The second kappa shape index (κ2) is 28.8. The molecule has 1 N–H and O–H groups in total. The lowest BCUT2D eigenvalue weighted by molar-refractivity contribution is -0.138. The Bertz CT molecular complexity index is 4070. The number of halogens is 7. The van der Waals surface area contributed by atoms with E-state index in [1.807, 2.05) is 64.6 Å². The minimum atomic E-state index is -4.59. The molecule has 2 aromatic heterocycles. The van der Waals surface area contributed by atoms with Crippen molar-refractivity contribution < 1.29 is 50.3 Å². The molecule has 5 amide bonds. The Morgan fingerprint density at radius 1 is 0.552 bits per heavy atom. The van der Waals surface area contributed by atoms with Crippen LogP contribution < -0.4 is 10.2 Å². The Morgan fingerprint density at radius 2 is 1.02 bits per heavy atom. The average Bonchev–Trinajstić information content (AvgIpc) is 1.57. The van der Waals surface area contributed by atoms with Crippen LogP contribution in [-0.4, -0.2) is 166 Å². The molecule has 24 heteroatoms. The van der Waals surface area contributed by atoms with Crippen LogP contribution in [0.1, 0.15) is 96.0 Å². The number of benzene rings is 6. The lowest BCUT2D eigenvalue weighted by atomic mass is 9.72. The van der Waals surface area contributed by atoms with E-state index in [0.717, 1.165) is 70.8 Å². The van der Waals surface area contributed by atoms with Gasteiger partial charge >= 0.3 is 12.4 Å². The third kappa shape index (κ3) is 15.6. The largest absolute Gasteiger partial charge is 0.416 e. The number of amides is 5. The maximum Gasteiger partial charge on any atom is 0.416 e. The molecule has 6 aromatic carbocycles. The highest BCUT2D eigenvalue weighted by Crippen LogP contribution is 2.48. The number of anilines is 2. The summed E-state index contributed by atoms with van der Waals surface area (Å²) < 4.78 is 83.9. The summed E-state index contributed by atoms with van der Waals surface area (Å²) >= 11 is 6.08. The highest BCUT2D eigenvalue weighted by atomic mass is 79.9. The van der Waals surface area contributed by atoms with Crippen LogP contribution in [0.15, 0.2) is 157 Å². The summed E-state index contributed by atoms with van der Waals surface area (Å²) in [5.74, 6) is -0.274. The molecule has 96 heavy (non-hydrogen) atoms. The zero-order valence-electron chi connectivity index (χ0n) is 52.9. The number of likely N-dealkylation sites (tertiary alicyclic amines) is 2. The second-order valence-corrected chi connectivity index (χ2v) is 27.7. The maximum atomic E-state index is 14.2. The molecule has 0 saturated carbocycles. The molecule has 4 fully saturated rings. The number of alkyl halides is 7. The van der Waals surface area contributed by atoms with Crippen LogP contribution in [0.4, 0.5) is 37.7 Å². The van der Waals surface area contributed by atoms with Crippen molar-refractivity contribution in [2.24, 2.45) is 0 Å². The topological polar surface area (TPSA) is 146 Å². The van der Waals surface area contributed by atoms with Gasteiger partial charge in [0.05, 0.1) is 17.5 Å². The Morgan fingerprint density at radius 3 is 1.49 bits per heavy atom. The van der Waals surface area contributed by atoms with Crippen molar-refractivity contribution in [3.05, 3.63) is 233 Å². The molecular weight excluding hydrogens is 1340 g/mol. The molecule has 6 aliphatic heterocycles. The van der Waals surface area contributed by atoms with Gasteiger partial charge in [-0.25, -0.2) is 9.97 Å². The third-order valence-corrected chi connectivity index (χ3v) is 20.8. The molecule has 0 radical (unpaired) electrons. The van der Waals surface area contributed by atoms with Crippen molar-refractivity contribution >= 4 is 79.5 Å². The number of fused-ring (bicyclic) bond motifs is 2. The highest BCUT2D eigenvalue weighted by molar-refractivity contribution is 9.08. The molecule has 0 bridgehead atoms. The molecule has 8 aromatic rings. The number of piperazine rings is 2. The normalized spacial score (nSPS) is 17.3. The van der Waals surface area contributed by atoms with Crippen LogP contribution in [0.25, 0.3) is 0 Å². The van der Waals surface area contributed by atoms with Crippen molar-refractivity contribution in [2.75, 3.05) is 95.3 Å². The van der Waals surface area contributed by atoms with Crippen molar-refractivity contribution in [3.63, 3.8) is 0 Å². The van der Waals surface area contributed by atoms with Gasteiger partial charge in [0.1, 0.15) is 0 Å². The van der Waals surface area contributed by atoms with E-state index >= 15 is 0 Å².